The molecule has 174 valence electrons. The second kappa shape index (κ2) is 10.1. The largest absolute Gasteiger partial charge is 0.507 e. The minimum Gasteiger partial charge on any atom is -0.507 e. The molecule has 2 heterocycles. The number of carbonyl (C=O) groups is 2. The van der Waals surface area contributed by atoms with E-state index in [9.17, 15) is 14.7 Å². The van der Waals surface area contributed by atoms with Crippen molar-refractivity contribution in [2.45, 2.75) is 6.04 Å². The lowest BCUT2D eigenvalue weighted by Gasteiger charge is -2.31. The summed E-state index contributed by atoms with van der Waals surface area (Å²) in [7, 11) is 3.08. The van der Waals surface area contributed by atoms with Crippen molar-refractivity contribution >= 4 is 17.4 Å². The summed E-state index contributed by atoms with van der Waals surface area (Å²) in [5.41, 5.74) is 1.09. The Morgan fingerprint density at radius 1 is 1.03 bits per heavy atom. The molecule has 8 nitrogen and oxygen atoms in total. The Morgan fingerprint density at radius 2 is 1.76 bits per heavy atom. The number of Topliss-reactive ketones (excluding diaryl/α,β-unsaturated/α-hetero) is 1. The van der Waals surface area contributed by atoms with Crippen LogP contribution in [0, 0.1) is 0 Å². The van der Waals surface area contributed by atoms with E-state index in [0.29, 0.717) is 48.9 Å². The van der Waals surface area contributed by atoms with Crippen molar-refractivity contribution in [2.75, 3.05) is 53.6 Å². The zero-order valence-electron chi connectivity index (χ0n) is 18.8. The summed E-state index contributed by atoms with van der Waals surface area (Å²) < 4.78 is 16.4. The van der Waals surface area contributed by atoms with E-state index in [0.717, 1.165) is 13.1 Å². The van der Waals surface area contributed by atoms with Gasteiger partial charge in [0.05, 0.1) is 39.0 Å². The number of methoxy groups -OCH3 is 2. The van der Waals surface area contributed by atoms with Gasteiger partial charge >= 0.3 is 0 Å². The Balaban J connectivity index is 1.80. The smallest absolute Gasteiger partial charge is 0.295 e. The van der Waals surface area contributed by atoms with Crippen molar-refractivity contribution in [1.82, 2.24) is 9.80 Å². The van der Waals surface area contributed by atoms with E-state index in [1.54, 1.807) is 49.6 Å². The van der Waals surface area contributed by atoms with Crippen LogP contribution >= 0.6 is 0 Å². The first-order valence-corrected chi connectivity index (χ1v) is 10.9. The fraction of sp³-hybridized carbons (Fsp3) is 0.360. The number of hydrogen-bond acceptors (Lipinski definition) is 7. The third-order valence-corrected chi connectivity index (χ3v) is 6.08. The van der Waals surface area contributed by atoms with Crippen LogP contribution in [0.3, 0.4) is 0 Å². The van der Waals surface area contributed by atoms with Crippen LogP contribution in [0.1, 0.15) is 17.2 Å². The first-order chi connectivity index (χ1) is 16.0. The molecule has 2 aromatic rings. The lowest BCUT2D eigenvalue weighted by atomic mass is 9.94. The lowest BCUT2D eigenvalue weighted by Crippen LogP contribution is -2.42. The van der Waals surface area contributed by atoms with Gasteiger partial charge < -0.3 is 24.2 Å². The van der Waals surface area contributed by atoms with Crippen LogP contribution in [0.5, 0.6) is 11.5 Å². The number of carbonyl (C=O) groups excluding carboxylic acids is 2. The Kier molecular flexibility index (Phi) is 6.96. The van der Waals surface area contributed by atoms with Gasteiger partial charge in [0.15, 0.2) is 0 Å². The molecule has 2 aliphatic heterocycles. The van der Waals surface area contributed by atoms with Gasteiger partial charge in [-0.05, 0) is 18.2 Å². The van der Waals surface area contributed by atoms with Crippen LogP contribution in [0.25, 0.3) is 5.76 Å². The van der Waals surface area contributed by atoms with Crippen LogP contribution < -0.4 is 9.47 Å². The van der Waals surface area contributed by atoms with Crippen LogP contribution in [-0.4, -0.2) is 80.2 Å². The standard InChI is InChI=1S/C25H28N2O6/c1-31-18-8-9-20(32-2)19(16-18)22-21(23(28)17-6-4-3-5-7-17)24(29)25(30)27(22)11-10-26-12-14-33-15-13-26/h3-9,16,22,28H,10-15H2,1-2H3/b23-21+. The SMILES string of the molecule is COc1ccc(OC)c(C2/C(=C(\O)c3ccccc3)C(=O)C(=O)N2CCN2CCOCC2)c1. The summed E-state index contributed by atoms with van der Waals surface area (Å²) >= 11 is 0. The maximum atomic E-state index is 13.2. The Labute approximate surface area is 193 Å². The minimum absolute atomic E-state index is 0.0414. The highest BCUT2D eigenvalue weighted by Crippen LogP contribution is 2.43. The van der Waals surface area contributed by atoms with Gasteiger partial charge in [-0.3, -0.25) is 14.5 Å². The van der Waals surface area contributed by atoms with Gasteiger partial charge in [-0.25, -0.2) is 0 Å². The maximum absolute atomic E-state index is 13.2. The predicted molar refractivity (Wildman–Crippen MR) is 122 cm³/mol. The molecule has 8 heteroatoms. The molecule has 0 spiro atoms. The second-order valence-electron chi connectivity index (χ2n) is 7.92. The molecule has 2 saturated heterocycles. The van der Waals surface area contributed by atoms with Gasteiger partial charge in [-0.1, -0.05) is 30.3 Å². The molecule has 1 N–H and O–H groups in total. The normalized spacial score (nSPS) is 20.8. The van der Waals surface area contributed by atoms with Crippen LogP contribution in [0.2, 0.25) is 0 Å². The number of morpholine rings is 1. The van der Waals surface area contributed by atoms with E-state index in [2.05, 4.69) is 4.90 Å². The lowest BCUT2D eigenvalue weighted by molar-refractivity contribution is -0.140. The third-order valence-electron chi connectivity index (χ3n) is 6.08. The first-order valence-electron chi connectivity index (χ1n) is 10.9. The molecule has 1 unspecified atom stereocenters. The molecule has 2 aromatic carbocycles. The van der Waals surface area contributed by atoms with Crippen molar-refractivity contribution in [3.05, 3.63) is 65.2 Å². The fourth-order valence-corrected chi connectivity index (χ4v) is 4.31. The Hall–Kier alpha value is -3.36. The third kappa shape index (κ3) is 4.58. The van der Waals surface area contributed by atoms with Crippen molar-refractivity contribution in [3.8, 4) is 11.5 Å². The zero-order valence-corrected chi connectivity index (χ0v) is 18.8. The predicted octanol–water partition coefficient (Wildman–Crippen LogP) is 2.46. The summed E-state index contributed by atoms with van der Waals surface area (Å²) in [4.78, 5) is 30.1. The Morgan fingerprint density at radius 3 is 2.42 bits per heavy atom. The van der Waals surface area contributed by atoms with Crippen molar-refractivity contribution < 1.29 is 28.9 Å². The Bertz CT molecular complexity index is 1050. The number of rotatable bonds is 7. The highest BCUT2D eigenvalue weighted by atomic mass is 16.5. The quantitative estimate of drug-likeness (QED) is 0.392. The van der Waals surface area contributed by atoms with Crippen LogP contribution in [0.15, 0.2) is 54.1 Å². The van der Waals surface area contributed by atoms with E-state index in [-0.39, 0.29) is 11.3 Å². The highest BCUT2D eigenvalue weighted by molar-refractivity contribution is 6.46. The summed E-state index contributed by atoms with van der Waals surface area (Å²) in [6, 6.07) is 13.2. The minimum atomic E-state index is -0.809. The van der Waals surface area contributed by atoms with E-state index < -0.39 is 17.7 Å². The van der Waals surface area contributed by atoms with Crippen LogP contribution in [0.4, 0.5) is 0 Å². The molecule has 0 aliphatic carbocycles. The number of aliphatic hydroxyl groups excluding tert-OH is 1. The van der Waals surface area contributed by atoms with E-state index in [1.165, 1.54) is 12.0 Å². The molecule has 1 amide bonds. The number of ether oxygens (including phenoxy) is 3. The number of likely N-dealkylation sites (tertiary alicyclic amines) is 1. The van der Waals surface area contributed by atoms with Gasteiger partial charge in [-0.15, -0.1) is 0 Å². The maximum Gasteiger partial charge on any atom is 0.295 e. The number of ketones is 1. The summed E-state index contributed by atoms with van der Waals surface area (Å²) in [5, 5.41) is 11.1. The average molecular weight is 453 g/mol. The molecule has 0 bridgehead atoms. The monoisotopic (exact) mass is 452 g/mol. The summed E-state index contributed by atoms with van der Waals surface area (Å²) in [6.07, 6.45) is 0. The van der Waals surface area contributed by atoms with Gasteiger partial charge in [-0.2, -0.15) is 0 Å². The number of amides is 1. The molecule has 33 heavy (non-hydrogen) atoms. The molecule has 2 fully saturated rings. The molecular formula is C25H28N2O6. The molecule has 2 aliphatic rings. The number of nitrogens with zero attached hydrogens (tertiary/aromatic N) is 2. The van der Waals surface area contributed by atoms with Crippen LogP contribution in [-0.2, 0) is 14.3 Å². The number of benzene rings is 2. The molecule has 1 atom stereocenters. The van der Waals surface area contributed by atoms with Crippen molar-refractivity contribution in [1.29, 1.82) is 0 Å². The fourth-order valence-electron chi connectivity index (χ4n) is 4.31. The molecule has 0 aromatic heterocycles. The molecule has 0 radical (unpaired) electrons. The highest BCUT2D eigenvalue weighted by Gasteiger charge is 2.47. The number of hydrogen-bond donors (Lipinski definition) is 1. The second-order valence-corrected chi connectivity index (χ2v) is 7.92. The summed E-state index contributed by atoms with van der Waals surface area (Å²) in [5.74, 6) is -0.510. The van der Waals surface area contributed by atoms with Crippen molar-refractivity contribution in [2.24, 2.45) is 0 Å². The van der Waals surface area contributed by atoms with Gasteiger partial charge in [0.1, 0.15) is 17.3 Å². The van der Waals surface area contributed by atoms with Crippen molar-refractivity contribution in [3.63, 3.8) is 0 Å². The van der Waals surface area contributed by atoms with E-state index in [4.69, 9.17) is 14.2 Å². The van der Waals surface area contributed by atoms with Gasteiger partial charge in [0.2, 0.25) is 0 Å². The van der Waals surface area contributed by atoms with E-state index >= 15 is 0 Å². The van der Waals surface area contributed by atoms with Gasteiger partial charge in [0, 0.05) is 37.3 Å². The van der Waals surface area contributed by atoms with E-state index in [1.807, 2.05) is 6.07 Å². The average Bonchev–Trinajstić information content (AvgIpc) is 3.12. The number of aliphatic hydroxyl groups is 1. The first kappa shape index (κ1) is 22.8. The summed E-state index contributed by atoms with van der Waals surface area (Å²) in [6.45, 7) is 3.72. The zero-order chi connectivity index (χ0) is 23.4. The van der Waals surface area contributed by atoms with Gasteiger partial charge in [0.25, 0.3) is 11.7 Å². The molecular weight excluding hydrogens is 424 g/mol. The molecule has 4 rings (SSSR count). The topological polar surface area (TPSA) is 88.5 Å². The molecule has 0 saturated carbocycles.